The molecule has 0 bridgehead atoms. The molecule has 1 aromatic heterocycles. The molecule has 1 saturated carbocycles. The van der Waals surface area contributed by atoms with Crippen molar-refractivity contribution in [2.24, 2.45) is 5.92 Å². The second kappa shape index (κ2) is 6.48. The van der Waals surface area contributed by atoms with E-state index in [1.807, 2.05) is 20.8 Å². The molecule has 25 heavy (non-hydrogen) atoms. The zero-order chi connectivity index (χ0) is 18.2. The Morgan fingerprint density at radius 1 is 1.44 bits per heavy atom. The number of rotatable bonds is 5. The maximum atomic E-state index is 12.0. The Balaban J connectivity index is 1.61. The van der Waals surface area contributed by atoms with Crippen LogP contribution in [0.25, 0.3) is 0 Å². The van der Waals surface area contributed by atoms with E-state index in [0.29, 0.717) is 23.7 Å². The van der Waals surface area contributed by atoms with Crippen molar-refractivity contribution >= 4 is 24.0 Å². The highest BCUT2D eigenvalue weighted by Crippen LogP contribution is 2.39. The third-order valence-corrected chi connectivity index (χ3v) is 4.81. The average molecular weight is 367 g/mol. The molecule has 1 N–H and O–H groups in total. The van der Waals surface area contributed by atoms with Crippen molar-refractivity contribution in [2.75, 3.05) is 6.61 Å². The fourth-order valence-electron chi connectivity index (χ4n) is 2.93. The summed E-state index contributed by atoms with van der Waals surface area (Å²) in [6.07, 6.45) is 5.18. The number of amides is 1. The van der Waals surface area contributed by atoms with Gasteiger partial charge in [0.15, 0.2) is 0 Å². The van der Waals surface area contributed by atoms with E-state index >= 15 is 0 Å². The van der Waals surface area contributed by atoms with Crippen molar-refractivity contribution in [1.82, 2.24) is 10.3 Å². The first-order chi connectivity index (χ1) is 11.7. The quantitative estimate of drug-likeness (QED) is 0.810. The minimum absolute atomic E-state index is 0.0341. The van der Waals surface area contributed by atoms with Crippen LogP contribution in [-0.2, 0) is 22.4 Å². The van der Waals surface area contributed by atoms with Gasteiger partial charge in [0.1, 0.15) is 23.5 Å². The molecular formula is C18H23ClN2O4. The first-order valence-corrected chi connectivity index (χ1v) is 8.85. The molecule has 0 saturated heterocycles. The molecule has 3 rings (SSSR count). The lowest BCUT2D eigenvalue weighted by molar-refractivity contribution is -0.110. The molecule has 2 aliphatic carbocycles. The van der Waals surface area contributed by atoms with E-state index in [0.717, 1.165) is 30.3 Å². The molecule has 136 valence electrons. The van der Waals surface area contributed by atoms with E-state index in [1.165, 1.54) is 0 Å². The van der Waals surface area contributed by atoms with Crippen LogP contribution in [0.2, 0.25) is 5.02 Å². The molecule has 1 atom stereocenters. The second-order valence-electron chi connectivity index (χ2n) is 7.88. The third-order valence-electron chi connectivity index (χ3n) is 4.42. The van der Waals surface area contributed by atoms with Gasteiger partial charge in [-0.15, -0.1) is 0 Å². The lowest BCUT2D eigenvalue weighted by Crippen LogP contribution is -2.44. The number of nitrogens with zero attached hydrogens (tertiary/aromatic N) is 1. The zero-order valence-corrected chi connectivity index (χ0v) is 15.5. The number of pyridine rings is 1. The van der Waals surface area contributed by atoms with E-state index in [4.69, 9.17) is 21.1 Å². The van der Waals surface area contributed by atoms with E-state index in [1.54, 1.807) is 6.20 Å². The van der Waals surface area contributed by atoms with E-state index < -0.39 is 17.2 Å². The standard InChI is InChI=1S/C18H23ClN2O4/c1-17(2,3)25-16(23)21-18(4-5-18)10-24-15-14(19)13-7-11(9-22)6-12(13)8-20-15/h8-9,11H,4-7,10H2,1-3H3,(H,21,23). The molecule has 1 amide bonds. The van der Waals surface area contributed by atoms with Gasteiger partial charge in [-0.25, -0.2) is 9.78 Å². The van der Waals surface area contributed by atoms with Crippen LogP contribution < -0.4 is 10.1 Å². The Bertz CT molecular complexity index is 695. The molecular weight excluding hydrogens is 344 g/mol. The van der Waals surface area contributed by atoms with Crippen LogP contribution in [0.3, 0.4) is 0 Å². The molecule has 1 heterocycles. The van der Waals surface area contributed by atoms with Gasteiger partial charge in [-0.3, -0.25) is 0 Å². The molecule has 0 aliphatic heterocycles. The molecule has 7 heteroatoms. The van der Waals surface area contributed by atoms with Gasteiger partial charge < -0.3 is 19.6 Å². The van der Waals surface area contributed by atoms with Crippen molar-refractivity contribution in [3.8, 4) is 5.88 Å². The highest BCUT2D eigenvalue weighted by atomic mass is 35.5. The lowest BCUT2D eigenvalue weighted by atomic mass is 10.1. The summed E-state index contributed by atoms with van der Waals surface area (Å²) in [6, 6.07) is 0. The Morgan fingerprint density at radius 3 is 2.76 bits per heavy atom. The number of fused-ring (bicyclic) bond motifs is 1. The maximum absolute atomic E-state index is 12.0. The van der Waals surface area contributed by atoms with E-state index in [2.05, 4.69) is 10.3 Å². The van der Waals surface area contributed by atoms with Crippen molar-refractivity contribution in [3.63, 3.8) is 0 Å². The second-order valence-corrected chi connectivity index (χ2v) is 8.26. The number of carbonyl (C=O) groups excluding carboxylic acids is 2. The zero-order valence-electron chi connectivity index (χ0n) is 14.7. The fraction of sp³-hybridized carbons (Fsp3) is 0.611. The minimum atomic E-state index is -0.541. The van der Waals surface area contributed by atoms with Crippen molar-refractivity contribution < 1.29 is 19.1 Å². The lowest BCUT2D eigenvalue weighted by Gasteiger charge is -2.23. The summed E-state index contributed by atoms with van der Waals surface area (Å²) < 4.78 is 11.1. The summed E-state index contributed by atoms with van der Waals surface area (Å²) in [5.41, 5.74) is 0.981. The maximum Gasteiger partial charge on any atom is 0.408 e. The first-order valence-electron chi connectivity index (χ1n) is 8.47. The van der Waals surface area contributed by atoms with Gasteiger partial charge >= 0.3 is 6.09 Å². The number of alkyl carbamates (subject to hydrolysis) is 1. The summed E-state index contributed by atoms with van der Waals surface area (Å²) in [4.78, 5) is 27.2. The molecule has 0 aromatic carbocycles. The molecule has 0 radical (unpaired) electrons. The highest BCUT2D eigenvalue weighted by molar-refractivity contribution is 6.32. The van der Waals surface area contributed by atoms with Crippen LogP contribution in [-0.4, -0.2) is 35.1 Å². The Morgan fingerprint density at radius 2 is 2.16 bits per heavy atom. The molecule has 2 aliphatic rings. The third kappa shape index (κ3) is 4.24. The number of aldehydes is 1. The first kappa shape index (κ1) is 18.0. The molecule has 1 aromatic rings. The van der Waals surface area contributed by atoms with Crippen LogP contribution >= 0.6 is 11.6 Å². The highest BCUT2D eigenvalue weighted by Gasteiger charge is 2.46. The number of hydrogen-bond acceptors (Lipinski definition) is 5. The minimum Gasteiger partial charge on any atom is -0.474 e. The fourth-order valence-corrected chi connectivity index (χ4v) is 3.24. The van der Waals surface area contributed by atoms with Crippen LogP contribution in [0.5, 0.6) is 5.88 Å². The van der Waals surface area contributed by atoms with Gasteiger partial charge in [0.25, 0.3) is 0 Å². The van der Waals surface area contributed by atoms with Gasteiger partial charge in [0.2, 0.25) is 5.88 Å². The summed E-state index contributed by atoms with van der Waals surface area (Å²) >= 11 is 6.40. The van der Waals surface area contributed by atoms with Crippen LogP contribution in [0.15, 0.2) is 6.20 Å². The monoisotopic (exact) mass is 366 g/mol. The van der Waals surface area contributed by atoms with Gasteiger partial charge in [0, 0.05) is 12.1 Å². The summed E-state index contributed by atoms with van der Waals surface area (Å²) in [6.45, 7) is 5.76. The summed E-state index contributed by atoms with van der Waals surface area (Å²) in [5.74, 6) is 0.317. The van der Waals surface area contributed by atoms with E-state index in [-0.39, 0.29) is 12.5 Å². The Kier molecular flexibility index (Phi) is 4.66. The number of halogens is 1. The van der Waals surface area contributed by atoms with Crippen molar-refractivity contribution in [1.29, 1.82) is 0 Å². The van der Waals surface area contributed by atoms with Gasteiger partial charge in [0.05, 0.1) is 5.54 Å². The SMILES string of the molecule is CC(C)(C)OC(=O)NC1(COc2ncc3c(c2Cl)CC(C=O)C3)CC1. The Labute approximate surface area is 152 Å². The number of hydrogen-bond donors (Lipinski definition) is 1. The normalized spacial score (nSPS) is 20.6. The summed E-state index contributed by atoms with van der Waals surface area (Å²) in [7, 11) is 0. The molecule has 1 fully saturated rings. The topological polar surface area (TPSA) is 77.5 Å². The summed E-state index contributed by atoms with van der Waals surface area (Å²) in [5, 5.41) is 3.35. The number of nitrogens with one attached hydrogen (secondary N) is 1. The Hall–Kier alpha value is -1.82. The van der Waals surface area contributed by atoms with Gasteiger partial charge in [-0.2, -0.15) is 0 Å². The average Bonchev–Trinajstić information content (AvgIpc) is 3.12. The van der Waals surface area contributed by atoms with E-state index in [9.17, 15) is 9.59 Å². The number of ether oxygens (including phenoxy) is 2. The van der Waals surface area contributed by atoms with Crippen LogP contribution in [0.1, 0.15) is 44.7 Å². The molecule has 1 unspecified atom stereocenters. The predicted octanol–water partition coefficient (Wildman–Crippen LogP) is 3.08. The van der Waals surface area contributed by atoms with Gasteiger partial charge in [-0.05, 0) is 57.6 Å². The molecule has 6 nitrogen and oxygen atoms in total. The van der Waals surface area contributed by atoms with Gasteiger partial charge in [-0.1, -0.05) is 11.6 Å². The number of aromatic nitrogens is 1. The van der Waals surface area contributed by atoms with Crippen molar-refractivity contribution in [3.05, 3.63) is 22.3 Å². The predicted molar refractivity (Wildman–Crippen MR) is 93.0 cm³/mol. The molecule has 0 spiro atoms. The van der Waals surface area contributed by atoms with Crippen molar-refractivity contribution in [2.45, 2.75) is 57.6 Å². The van der Waals surface area contributed by atoms with Crippen LogP contribution in [0, 0.1) is 5.92 Å². The largest absolute Gasteiger partial charge is 0.474 e. The smallest absolute Gasteiger partial charge is 0.408 e. The number of carbonyl (C=O) groups is 2. The van der Waals surface area contributed by atoms with Crippen LogP contribution in [0.4, 0.5) is 4.79 Å².